The van der Waals surface area contributed by atoms with Gasteiger partial charge in [-0.15, -0.1) is 0 Å². The number of carbonyl (C=O) groups excluding carboxylic acids is 1. The summed E-state index contributed by atoms with van der Waals surface area (Å²) in [6, 6.07) is 5.36. The van der Waals surface area contributed by atoms with Crippen LogP contribution in [0.3, 0.4) is 0 Å². The number of nitrogens with zero attached hydrogens (tertiary/aromatic N) is 2. The summed E-state index contributed by atoms with van der Waals surface area (Å²) in [5.74, 6) is -0.793. The van der Waals surface area contributed by atoms with Crippen LogP contribution in [0.4, 0.5) is 5.69 Å². The predicted octanol–water partition coefficient (Wildman–Crippen LogP) is 1.40. The van der Waals surface area contributed by atoms with Gasteiger partial charge in [0.2, 0.25) is 26.0 Å². The monoisotopic (exact) mass is 431 g/mol. The Hall–Kier alpha value is -1.49. The zero-order valence-corrected chi connectivity index (χ0v) is 18.6. The summed E-state index contributed by atoms with van der Waals surface area (Å²) in [7, 11) is -7.51. The summed E-state index contributed by atoms with van der Waals surface area (Å²) in [5, 5.41) is 0. The molecule has 1 aliphatic rings. The average Bonchev–Trinajstić information content (AvgIpc) is 2.77. The molecular formula is C18H29N3O5S2. The van der Waals surface area contributed by atoms with Gasteiger partial charge in [0.25, 0.3) is 0 Å². The maximum absolute atomic E-state index is 12.5. The van der Waals surface area contributed by atoms with E-state index in [1.807, 2.05) is 20.8 Å². The highest BCUT2D eigenvalue weighted by Gasteiger charge is 2.49. The van der Waals surface area contributed by atoms with Crippen molar-refractivity contribution in [1.82, 2.24) is 9.62 Å². The maximum Gasteiger partial charge on any atom is 0.247 e. The van der Waals surface area contributed by atoms with Gasteiger partial charge in [-0.3, -0.25) is 9.69 Å². The van der Waals surface area contributed by atoms with Crippen molar-refractivity contribution in [2.75, 3.05) is 29.7 Å². The van der Waals surface area contributed by atoms with Crippen molar-refractivity contribution >= 4 is 31.6 Å². The molecule has 28 heavy (non-hydrogen) atoms. The maximum atomic E-state index is 12.5. The van der Waals surface area contributed by atoms with Crippen LogP contribution in [0.25, 0.3) is 0 Å². The summed E-state index contributed by atoms with van der Waals surface area (Å²) in [4.78, 5) is 14.6. The van der Waals surface area contributed by atoms with Crippen LogP contribution < -0.4 is 9.03 Å². The highest BCUT2D eigenvalue weighted by molar-refractivity contribution is 7.94. The molecule has 10 heteroatoms. The van der Waals surface area contributed by atoms with Gasteiger partial charge in [-0.05, 0) is 58.1 Å². The molecule has 1 saturated heterocycles. The quantitative estimate of drug-likeness (QED) is 0.667. The van der Waals surface area contributed by atoms with Gasteiger partial charge in [0, 0.05) is 12.6 Å². The third-order valence-corrected chi connectivity index (χ3v) is 8.43. The second kappa shape index (κ2) is 8.10. The van der Waals surface area contributed by atoms with E-state index in [-0.39, 0.29) is 28.9 Å². The predicted molar refractivity (Wildman–Crippen MR) is 109 cm³/mol. The summed E-state index contributed by atoms with van der Waals surface area (Å²) in [5.41, 5.74) is -0.864. The van der Waals surface area contributed by atoms with E-state index >= 15 is 0 Å². The molecular weight excluding hydrogens is 402 g/mol. The van der Waals surface area contributed by atoms with Crippen LogP contribution in [0.1, 0.15) is 34.6 Å². The van der Waals surface area contributed by atoms with Gasteiger partial charge in [0.15, 0.2) is 0 Å². The number of rotatable bonds is 8. The Kier molecular flexibility index (Phi) is 6.59. The van der Waals surface area contributed by atoms with Gasteiger partial charge >= 0.3 is 0 Å². The lowest BCUT2D eigenvalue weighted by Crippen LogP contribution is -2.41. The molecule has 8 nitrogen and oxygen atoms in total. The van der Waals surface area contributed by atoms with Crippen LogP contribution in [0.2, 0.25) is 0 Å². The zero-order chi connectivity index (χ0) is 21.3. The van der Waals surface area contributed by atoms with Gasteiger partial charge in [0.05, 0.1) is 21.8 Å². The Balaban J connectivity index is 2.19. The Labute approximate surface area is 168 Å². The lowest BCUT2D eigenvalue weighted by atomic mass is 9.95. The molecule has 1 fully saturated rings. The van der Waals surface area contributed by atoms with Gasteiger partial charge in [-0.1, -0.05) is 13.8 Å². The minimum absolute atomic E-state index is 0.0197. The van der Waals surface area contributed by atoms with Crippen molar-refractivity contribution in [2.45, 2.75) is 45.6 Å². The fourth-order valence-electron chi connectivity index (χ4n) is 3.31. The first-order valence-corrected chi connectivity index (χ1v) is 12.4. The fraction of sp³-hybridized carbons (Fsp3) is 0.611. The topological polar surface area (TPSA) is 104 Å². The van der Waals surface area contributed by atoms with Crippen molar-refractivity contribution < 1.29 is 21.6 Å². The third kappa shape index (κ3) is 4.56. The van der Waals surface area contributed by atoms with Gasteiger partial charge in [-0.2, -0.15) is 0 Å². The standard InChI is InChI=1S/C18H29N3O5S2/c1-6-20(7-2)14(3)12-19-28(25,26)16-10-8-15(9-11-16)21-17(22)18(4,5)13-27(21,23)24/h8-11,14,19H,6-7,12-13H2,1-5H3/t14-/m1/s1. The van der Waals surface area contributed by atoms with E-state index in [2.05, 4.69) is 9.62 Å². The molecule has 0 aliphatic carbocycles. The summed E-state index contributed by atoms with van der Waals surface area (Å²) in [6.07, 6.45) is 0. The van der Waals surface area contributed by atoms with Crippen LogP contribution in [0.15, 0.2) is 29.2 Å². The van der Waals surface area contributed by atoms with Crippen molar-refractivity contribution in [2.24, 2.45) is 5.41 Å². The molecule has 0 aromatic heterocycles. The van der Waals surface area contributed by atoms with Gasteiger partial charge in [-0.25, -0.2) is 25.9 Å². The largest absolute Gasteiger partial charge is 0.300 e. The minimum atomic E-state index is -3.77. The fourth-order valence-corrected chi connectivity index (χ4v) is 6.54. The molecule has 0 unspecified atom stereocenters. The number of nitrogens with one attached hydrogen (secondary N) is 1. The molecule has 1 aromatic carbocycles. The van der Waals surface area contributed by atoms with E-state index < -0.39 is 31.4 Å². The molecule has 158 valence electrons. The van der Waals surface area contributed by atoms with E-state index in [4.69, 9.17) is 0 Å². The molecule has 0 saturated carbocycles. The van der Waals surface area contributed by atoms with Gasteiger partial charge < -0.3 is 0 Å². The molecule has 0 spiro atoms. The van der Waals surface area contributed by atoms with E-state index in [1.54, 1.807) is 13.8 Å². The van der Waals surface area contributed by atoms with Crippen LogP contribution in [0, 0.1) is 5.41 Å². The van der Waals surface area contributed by atoms with Crippen molar-refractivity contribution in [3.05, 3.63) is 24.3 Å². The summed E-state index contributed by atoms with van der Waals surface area (Å²) >= 11 is 0. The van der Waals surface area contributed by atoms with Crippen molar-refractivity contribution in [3.8, 4) is 0 Å². The first-order valence-electron chi connectivity index (χ1n) is 9.27. The second-order valence-electron chi connectivity index (χ2n) is 7.63. The Morgan fingerprint density at radius 3 is 2.14 bits per heavy atom. The number of likely N-dealkylation sites (N-methyl/N-ethyl adjacent to an activating group) is 1. The van der Waals surface area contributed by atoms with Crippen LogP contribution >= 0.6 is 0 Å². The molecule has 1 aliphatic heterocycles. The number of hydrogen-bond acceptors (Lipinski definition) is 6. The molecule has 1 aromatic rings. The number of anilines is 1. The van der Waals surface area contributed by atoms with Crippen molar-refractivity contribution in [1.29, 1.82) is 0 Å². The van der Waals surface area contributed by atoms with Crippen LogP contribution in [-0.4, -0.2) is 59.1 Å². The molecule has 0 bridgehead atoms. The smallest absolute Gasteiger partial charge is 0.247 e. The average molecular weight is 432 g/mol. The minimum Gasteiger partial charge on any atom is -0.300 e. The molecule has 1 atom stereocenters. The van der Waals surface area contributed by atoms with E-state index in [1.165, 1.54) is 24.3 Å². The molecule has 0 radical (unpaired) electrons. The normalized spacial score (nSPS) is 19.9. The Morgan fingerprint density at radius 2 is 1.71 bits per heavy atom. The number of benzene rings is 1. The van der Waals surface area contributed by atoms with E-state index in [0.29, 0.717) is 0 Å². The summed E-state index contributed by atoms with van der Waals surface area (Å²) < 4.78 is 53.1. The van der Waals surface area contributed by atoms with E-state index in [0.717, 1.165) is 17.4 Å². The SMILES string of the molecule is CCN(CC)[C@H](C)CNS(=O)(=O)c1ccc(N2C(=O)C(C)(C)CS2(=O)=O)cc1. The molecule has 1 amide bonds. The number of hydrogen-bond donors (Lipinski definition) is 1. The number of carbonyl (C=O) groups is 1. The van der Waals surface area contributed by atoms with Crippen molar-refractivity contribution in [3.63, 3.8) is 0 Å². The summed E-state index contributed by atoms with van der Waals surface area (Å²) in [6.45, 7) is 11.0. The number of sulfonamides is 2. The Morgan fingerprint density at radius 1 is 1.18 bits per heavy atom. The van der Waals surface area contributed by atoms with Crippen LogP contribution in [0.5, 0.6) is 0 Å². The Bertz CT molecular complexity index is 920. The highest BCUT2D eigenvalue weighted by atomic mass is 32.2. The lowest BCUT2D eigenvalue weighted by Gasteiger charge is -2.26. The first-order chi connectivity index (χ1) is 12.9. The lowest BCUT2D eigenvalue weighted by molar-refractivity contribution is -0.123. The molecule has 1 heterocycles. The second-order valence-corrected chi connectivity index (χ2v) is 11.2. The first kappa shape index (κ1) is 22.8. The third-order valence-electron chi connectivity index (χ3n) is 4.97. The molecule has 2 rings (SSSR count). The van der Waals surface area contributed by atoms with E-state index in [9.17, 15) is 21.6 Å². The zero-order valence-electron chi connectivity index (χ0n) is 17.0. The highest BCUT2D eigenvalue weighted by Crippen LogP contribution is 2.35. The number of amides is 1. The molecule has 1 N–H and O–H groups in total. The van der Waals surface area contributed by atoms with Crippen LogP contribution in [-0.2, 0) is 24.8 Å². The van der Waals surface area contributed by atoms with Gasteiger partial charge in [0.1, 0.15) is 0 Å².